The molecule has 3 aromatic rings. The molecule has 25 heavy (non-hydrogen) atoms. The van der Waals surface area contributed by atoms with Gasteiger partial charge in [-0.15, -0.1) is 0 Å². The van der Waals surface area contributed by atoms with Crippen molar-refractivity contribution in [3.05, 3.63) is 58.3 Å². The number of imidazole rings is 1. The number of aliphatic hydroxyl groups excluding tert-OH is 1. The summed E-state index contributed by atoms with van der Waals surface area (Å²) in [4.78, 5) is 8.64. The molecule has 0 spiro atoms. The molecule has 4 rings (SSSR count). The molecule has 0 saturated carbocycles. The van der Waals surface area contributed by atoms with Crippen molar-refractivity contribution in [2.24, 2.45) is 0 Å². The normalized spacial score (nSPS) is 19.6. The molecule has 0 fully saturated rings. The number of benzene rings is 1. The van der Waals surface area contributed by atoms with Crippen LogP contribution in [-0.4, -0.2) is 26.1 Å². The van der Waals surface area contributed by atoms with Gasteiger partial charge in [-0.2, -0.15) is 8.78 Å². The maximum atomic E-state index is 12.8. The van der Waals surface area contributed by atoms with Crippen LogP contribution in [0.2, 0.25) is 5.02 Å². The van der Waals surface area contributed by atoms with Crippen LogP contribution < -0.4 is 4.74 Å². The molecule has 1 aromatic carbocycles. The van der Waals surface area contributed by atoms with E-state index in [0.717, 1.165) is 11.4 Å². The quantitative estimate of drug-likeness (QED) is 0.765. The van der Waals surface area contributed by atoms with Crippen LogP contribution in [0.25, 0.3) is 5.65 Å². The number of halogens is 3. The molecule has 0 saturated heterocycles. The fourth-order valence-electron chi connectivity index (χ4n) is 3.40. The summed E-state index contributed by atoms with van der Waals surface area (Å²) >= 11 is 6.07. The summed E-state index contributed by atoms with van der Waals surface area (Å²) in [5, 5.41) is 10.8. The number of aryl methyl sites for hydroxylation is 1. The molecule has 1 N–H and O–H groups in total. The summed E-state index contributed by atoms with van der Waals surface area (Å²) in [5.74, 6) is -0.320. The number of hydrogen-bond donors (Lipinski definition) is 1. The molecule has 0 radical (unpaired) electrons. The summed E-state index contributed by atoms with van der Waals surface area (Å²) in [6.45, 7) is -1.10. The number of aromatic nitrogens is 3. The maximum Gasteiger partial charge on any atom is 0.387 e. The molecule has 130 valence electrons. The SMILES string of the molecule is Cc1cn2c3c(nc2cn1)[C@@H](O)C[C@H]3c1cc(Cl)ccc1OC(F)F. The van der Waals surface area contributed by atoms with Gasteiger partial charge in [-0.1, -0.05) is 11.6 Å². The first-order chi connectivity index (χ1) is 11.9. The van der Waals surface area contributed by atoms with E-state index in [-0.39, 0.29) is 11.7 Å². The van der Waals surface area contributed by atoms with Gasteiger partial charge in [0.1, 0.15) is 5.75 Å². The van der Waals surface area contributed by atoms with E-state index in [1.54, 1.807) is 12.3 Å². The number of ether oxygens (including phenoxy) is 1. The molecule has 2 aromatic heterocycles. The van der Waals surface area contributed by atoms with Crippen LogP contribution in [0.15, 0.2) is 30.6 Å². The Labute approximate surface area is 146 Å². The van der Waals surface area contributed by atoms with Gasteiger partial charge in [-0.25, -0.2) is 4.98 Å². The topological polar surface area (TPSA) is 59.7 Å². The minimum Gasteiger partial charge on any atom is -0.435 e. The summed E-state index contributed by atoms with van der Waals surface area (Å²) < 4.78 is 32.1. The van der Waals surface area contributed by atoms with Crippen molar-refractivity contribution in [2.45, 2.75) is 32.0 Å². The Morgan fingerprint density at radius 1 is 1.40 bits per heavy atom. The summed E-state index contributed by atoms with van der Waals surface area (Å²) in [6.07, 6.45) is 2.96. The Morgan fingerprint density at radius 3 is 2.96 bits per heavy atom. The van der Waals surface area contributed by atoms with Gasteiger partial charge < -0.3 is 9.84 Å². The summed E-state index contributed by atoms with van der Waals surface area (Å²) in [6, 6.07) is 4.51. The van der Waals surface area contributed by atoms with Crippen molar-refractivity contribution in [1.29, 1.82) is 0 Å². The molecule has 0 aliphatic heterocycles. The molecule has 0 amide bonds. The van der Waals surface area contributed by atoms with Crippen LogP contribution in [0, 0.1) is 6.92 Å². The van der Waals surface area contributed by atoms with Gasteiger partial charge in [0.05, 0.1) is 29.4 Å². The number of rotatable bonds is 3. The lowest BCUT2D eigenvalue weighted by molar-refractivity contribution is -0.0505. The average molecular weight is 366 g/mol. The highest BCUT2D eigenvalue weighted by atomic mass is 35.5. The van der Waals surface area contributed by atoms with E-state index in [1.807, 2.05) is 17.5 Å². The molecular formula is C17H14ClF2N3O2. The Morgan fingerprint density at radius 2 is 2.20 bits per heavy atom. The fourth-order valence-corrected chi connectivity index (χ4v) is 3.58. The molecule has 0 bridgehead atoms. The van der Waals surface area contributed by atoms with Crippen molar-refractivity contribution < 1.29 is 18.6 Å². The van der Waals surface area contributed by atoms with E-state index in [9.17, 15) is 13.9 Å². The molecule has 2 atom stereocenters. The van der Waals surface area contributed by atoms with Gasteiger partial charge in [0.2, 0.25) is 0 Å². The van der Waals surface area contributed by atoms with Crippen LogP contribution in [0.1, 0.15) is 41.1 Å². The van der Waals surface area contributed by atoms with Crippen LogP contribution in [0.5, 0.6) is 5.75 Å². The van der Waals surface area contributed by atoms with E-state index in [0.29, 0.717) is 28.3 Å². The highest BCUT2D eigenvalue weighted by molar-refractivity contribution is 6.30. The Hall–Kier alpha value is -2.25. The minimum atomic E-state index is -2.95. The molecule has 8 heteroatoms. The zero-order chi connectivity index (χ0) is 17.7. The van der Waals surface area contributed by atoms with Crippen molar-refractivity contribution in [2.75, 3.05) is 0 Å². The maximum absolute atomic E-state index is 12.8. The second kappa shape index (κ2) is 5.93. The van der Waals surface area contributed by atoms with Crippen molar-refractivity contribution in [3.8, 4) is 5.75 Å². The van der Waals surface area contributed by atoms with E-state index in [4.69, 9.17) is 11.6 Å². The van der Waals surface area contributed by atoms with Crippen LogP contribution in [0.3, 0.4) is 0 Å². The molecule has 0 unspecified atom stereocenters. The van der Waals surface area contributed by atoms with E-state index in [2.05, 4.69) is 14.7 Å². The number of alkyl halides is 2. The van der Waals surface area contributed by atoms with Gasteiger partial charge in [0.15, 0.2) is 5.65 Å². The highest BCUT2D eigenvalue weighted by Gasteiger charge is 2.37. The van der Waals surface area contributed by atoms with Gasteiger partial charge in [0.25, 0.3) is 0 Å². The lowest BCUT2D eigenvalue weighted by Crippen LogP contribution is -2.08. The number of aliphatic hydroxyl groups is 1. The Kier molecular flexibility index (Phi) is 3.85. The molecule has 2 heterocycles. The number of fused-ring (bicyclic) bond motifs is 3. The van der Waals surface area contributed by atoms with E-state index < -0.39 is 12.7 Å². The first-order valence-corrected chi connectivity index (χ1v) is 8.08. The van der Waals surface area contributed by atoms with Crippen molar-refractivity contribution >= 4 is 17.2 Å². The van der Waals surface area contributed by atoms with Gasteiger partial charge >= 0.3 is 6.61 Å². The minimum absolute atomic E-state index is 0.0465. The summed E-state index contributed by atoms with van der Waals surface area (Å²) in [7, 11) is 0. The monoisotopic (exact) mass is 365 g/mol. The van der Waals surface area contributed by atoms with Gasteiger partial charge in [-0.3, -0.25) is 9.38 Å². The Balaban J connectivity index is 1.91. The first-order valence-electron chi connectivity index (χ1n) is 7.71. The van der Waals surface area contributed by atoms with Crippen molar-refractivity contribution in [3.63, 3.8) is 0 Å². The lowest BCUT2D eigenvalue weighted by Gasteiger charge is -2.17. The highest BCUT2D eigenvalue weighted by Crippen LogP contribution is 2.47. The molecule has 1 aliphatic carbocycles. The second-order valence-corrected chi connectivity index (χ2v) is 6.44. The largest absolute Gasteiger partial charge is 0.435 e. The number of nitrogens with zero attached hydrogens (tertiary/aromatic N) is 3. The lowest BCUT2D eigenvalue weighted by atomic mass is 9.95. The van der Waals surface area contributed by atoms with Crippen LogP contribution in [-0.2, 0) is 0 Å². The third kappa shape index (κ3) is 2.73. The zero-order valence-electron chi connectivity index (χ0n) is 13.2. The number of hydrogen-bond acceptors (Lipinski definition) is 4. The van der Waals surface area contributed by atoms with Gasteiger partial charge in [0, 0.05) is 22.7 Å². The van der Waals surface area contributed by atoms with E-state index >= 15 is 0 Å². The van der Waals surface area contributed by atoms with Crippen molar-refractivity contribution in [1.82, 2.24) is 14.4 Å². The van der Waals surface area contributed by atoms with Crippen LogP contribution in [0.4, 0.5) is 8.78 Å². The third-order valence-electron chi connectivity index (χ3n) is 4.37. The first kappa shape index (κ1) is 16.2. The molecular weight excluding hydrogens is 352 g/mol. The van der Waals surface area contributed by atoms with E-state index in [1.165, 1.54) is 12.1 Å². The predicted octanol–water partition coefficient (Wildman–Crippen LogP) is 3.86. The second-order valence-electron chi connectivity index (χ2n) is 6.00. The standard InChI is InChI=1S/C17H14ClF2N3O2/c1-8-7-23-14(6-21-8)22-15-12(24)5-11(16(15)23)10-4-9(18)2-3-13(10)25-17(19)20/h2-4,6-7,11-12,17,24H,5H2,1H3/t11-,12-/m0/s1. The zero-order valence-corrected chi connectivity index (χ0v) is 13.9. The Bertz CT molecular complexity index is 960. The summed E-state index contributed by atoms with van der Waals surface area (Å²) in [5.41, 5.74) is 3.15. The molecule has 1 aliphatic rings. The predicted molar refractivity (Wildman–Crippen MR) is 87.2 cm³/mol. The third-order valence-corrected chi connectivity index (χ3v) is 4.61. The smallest absolute Gasteiger partial charge is 0.387 e. The average Bonchev–Trinajstić information content (AvgIpc) is 3.07. The van der Waals surface area contributed by atoms with Crippen LogP contribution >= 0.6 is 11.6 Å². The fraction of sp³-hybridized carbons (Fsp3) is 0.294. The molecule has 5 nitrogen and oxygen atoms in total. The van der Waals surface area contributed by atoms with Gasteiger partial charge in [-0.05, 0) is 31.5 Å².